The summed E-state index contributed by atoms with van der Waals surface area (Å²) in [7, 11) is -1.68. The van der Waals surface area contributed by atoms with E-state index in [1.165, 1.54) is 18.2 Å². The molecule has 4 N–H and O–H groups in total. The highest BCUT2D eigenvalue weighted by Gasteiger charge is 2.56. The average molecular weight is 373 g/mol. The van der Waals surface area contributed by atoms with Crippen molar-refractivity contribution in [3.63, 3.8) is 0 Å². The van der Waals surface area contributed by atoms with E-state index in [0.717, 1.165) is 32.4 Å². The van der Waals surface area contributed by atoms with Crippen molar-refractivity contribution in [2.45, 2.75) is 41.7 Å². The summed E-state index contributed by atoms with van der Waals surface area (Å²) in [6.45, 7) is 1.77. The highest BCUT2D eigenvalue weighted by Crippen LogP contribution is 2.53. The Bertz CT molecular complexity index is 678. The lowest BCUT2D eigenvalue weighted by Crippen LogP contribution is -2.48. The lowest BCUT2D eigenvalue weighted by Gasteiger charge is -2.36. The van der Waals surface area contributed by atoms with E-state index in [9.17, 15) is 19.3 Å². The Morgan fingerprint density at radius 1 is 1.25 bits per heavy atom. The molecule has 132 valence electrons. The molecule has 1 aliphatic carbocycles. The van der Waals surface area contributed by atoms with Crippen molar-refractivity contribution in [1.82, 2.24) is 10.8 Å². The normalized spacial score (nSPS) is 27.1. The van der Waals surface area contributed by atoms with Crippen LogP contribution in [0, 0.1) is 5.41 Å². The highest BCUT2D eigenvalue weighted by atomic mass is 35.5. The Morgan fingerprint density at radius 3 is 2.58 bits per heavy atom. The van der Waals surface area contributed by atoms with Gasteiger partial charge in [-0.05, 0) is 68.8 Å². The fourth-order valence-electron chi connectivity index (χ4n) is 4.00. The SMILES string of the molecule is O=C(NO)C1(S(=O)c2ccc(O)c(Cl)c2)CCC2(CCNCC2)C1. The topological polar surface area (TPSA) is 98.7 Å². The first-order chi connectivity index (χ1) is 11.4. The van der Waals surface area contributed by atoms with Crippen molar-refractivity contribution in [1.29, 1.82) is 0 Å². The molecular formula is C16H21ClN2O4S. The molecule has 1 aromatic carbocycles. The van der Waals surface area contributed by atoms with E-state index >= 15 is 0 Å². The Hall–Kier alpha value is -1.15. The summed E-state index contributed by atoms with van der Waals surface area (Å²) in [5.41, 5.74) is 1.70. The minimum absolute atomic E-state index is 0.0197. The van der Waals surface area contributed by atoms with Gasteiger partial charge >= 0.3 is 0 Å². The van der Waals surface area contributed by atoms with Gasteiger partial charge < -0.3 is 10.4 Å². The molecule has 1 saturated carbocycles. The van der Waals surface area contributed by atoms with Crippen LogP contribution in [0.1, 0.15) is 32.1 Å². The van der Waals surface area contributed by atoms with Crippen molar-refractivity contribution < 1.29 is 19.3 Å². The predicted molar refractivity (Wildman–Crippen MR) is 90.6 cm³/mol. The number of benzene rings is 1. The van der Waals surface area contributed by atoms with Gasteiger partial charge in [-0.25, -0.2) is 5.48 Å². The van der Waals surface area contributed by atoms with Crippen LogP contribution in [-0.2, 0) is 15.6 Å². The zero-order chi connectivity index (χ0) is 17.4. The number of rotatable bonds is 3. The van der Waals surface area contributed by atoms with Gasteiger partial charge in [0.15, 0.2) is 0 Å². The molecular weight excluding hydrogens is 352 g/mol. The number of piperidine rings is 1. The van der Waals surface area contributed by atoms with Crippen molar-refractivity contribution in [2.75, 3.05) is 13.1 Å². The molecule has 6 nitrogen and oxygen atoms in total. The number of nitrogens with one attached hydrogen (secondary N) is 2. The van der Waals surface area contributed by atoms with Crippen LogP contribution in [0.15, 0.2) is 23.1 Å². The van der Waals surface area contributed by atoms with E-state index in [1.807, 2.05) is 0 Å². The third kappa shape index (κ3) is 2.94. The minimum atomic E-state index is -1.68. The molecule has 2 fully saturated rings. The molecule has 0 aromatic heterocycles. The Labute approximate surface area is 148 Å². The van der Waals surface area contributed by atoms with Crippen LogP contribution in [0.4, 0.5) is 0 Å². The molecule has 3 rings (SSSR count). The van der Waals surface area contributed by atoms with Gasteiger partial charge in [-0.1, -0.05) is 11.6 Å². The summed E-state index contributed by atoms with van der Waals surface area (Å²) < 4.78 is 12.1. The summed E-state index contributed by atoms with van der Waals surface area (Å²) in [5, 5.41) is 22.2. The highest BCUT2D eigenvalue weighted by molar-refractivity contribution is 7.87. The Kier molecular flexibility index (Phi) is 4.88. The van der Waals surface area contributed by atoms with Crippen LogP contribution in [0.25, 0.3) is 0 Å². The number of amides is 1. The molecule has 1 aromatic rings. The maximum absolute atomic E-state index is 13.2. The number of hydrogen-bond acceptors (Lipinski definition) is 5. The van der Waals surface area contributed by atoms with E-state index < -0.39 is 21.5 Å². The maximum Gasteiger partial charge on any atom is 0.262 e. The van der Waals surface area contributed by atoms with E-state index in [2.05, 4.69) is 5.32 Å². The van der Waals surface area contributed by atoms with Gasteiger partial charge in [-0.3, -0.25) is 14.2 Å². The standard InChI is InChI=1S/C16H21ClN2O4S/c17-12-9-11(1-2-13(12)20)24(23)16(14(21)19-22)4-3-15(10-16)5-7-18-8-6-15/h1-2,9,18,20,22H,3-8,10H2,(H,19,21). The van der Waals surface area contributed by atoms with Gasteiger partial charge in [-0.15, -0.1) is 0 Å². The smallest absolute Gasteiger partial charge is 0.262 e. The third-order valence-corrected chi connectivity index (χ3v) is 7.62. The molecule has 1 amide bonds. The summed E-state index contributed by atoms with van der Waals surface area (Å²) in [4.78, 5) is 12.9. The van der Waals surface area contributed by atoms with Gasteiger partial charge in [0.25, 0.3) is 5.91 Å². The summed E-state index contributed by atoms with van der Waals surface area (Å²) >= 11 is 5.92. The molecule has 2 atom stereocenters. The van der Waals surface area contributed by atoms with Crippen LogP contribution in [0.3, 0.4) is 0 Å². The first-order valence-corrected chi connectivity index (χ1v) is 9.51. The van der Waals surface area contributed by atoms with Crippen molar-refractivity contribution in [3.8, 4) is 5.75 Å². The van der Waals surface area contributed by atoms with Crippen molar-refractivity contribution in [2.24, 2.45) is 5.41 Å². The number of hydroxylamine groups is 1. The first kappa shape index (κ1) is 17.7. The lowest BCUT2D eigenvalue weighted by atomic mass is 9.77. The predicted octanol–water partition coefficient (Wildman–Crippen LogP) is 1.95. The number of phenolic OH excluding ortho intramolecular Hbond substituents is 1. The van der Waals surface area contributed by atoms with Gasteiger partial charge in [0.1, 0.15) is 10.5 Å². The van der Waals surface area contributed by atoms with Crippen LogP contribution < -0.4 is 10.8 Å². The molecule has 1 saturated heterocycles. The second-order valence-corrected chi connectivity index (χ2v) is 8.94. The summed E-state index contributed by atoms with van der Waals surface area (Å²) in [6.07, 6.45) is 3.59. The molecule has 8 heteroatoms. The van der Waals surface area contributed by atoms with Crippen LogP contribution in [-0.4, -0.2) is 38.3 Å². The monoisotopic (exact) mass is 372 g/mol. The third-order valence-electron chi connectivity index (χ3n) is 5.39. The molecule has 2 aliphatic rings. The van der Waals surface area contributed by atoms with Crippen molar-refractivity contribution >= 4 is 28.3 Å². The quantitative estimate of drug-likeness (QED) is 0.480. The molecule has 1 spiro atoms. The van der Waals surface area contributed by atoms with Crippen LogP contribution in [0.5, 0.6) is 5.75 Å². The van der Waals surface area contributed by atoms with E-state index in [4.69, 9.17) is 11.6 Å². The fraction of sp³-hybridized carbons (Fsp3) is 0.562. The fourth-order valence-corrected chi connectivity index (χ4v) is 6.05. The second-order valence-electron chi connectivity index (χ2n) is 6.74. The number of carbonyl (C=O) groups excluding carboxylic acids is 1. The molecule has 0 radical (unpaired) electrons. The number of aromatic hydroxyl groups is 1. The van der Waals surface area contributed by atoms with Gasteiger partial charge in [0.2, 0.25) is 0 Å². The van der Waals surface area contributed by atoms with Crippen LogP contribution >= 0.6 is 11.6 Å². The van der Waals surface area contributed by atoms with E-state index in [-0.39, 0.29) is 16.2 Å². The average Bonchev–Trinajstić information content (AvgIpc) is 2.97. The number of halogens is 1. The molecule has 1 heterocycles. The van der Waals surface area contributed by atoms with Gasteiger partial charge in [-0.2, -0.15) is 0 Å². The van der Waals surface area contributed by atoms with E-state index in [1.54, 1.807) is 5.48 Å². The molecule has 1 aliphatic heterocycles. The zero-order valence-corrected chi connectivity index (χ0v) is 14.8. The Balaban J connectivity index is 1.96. The number of phenols is 1. The number of carbonyl (C=O) groups is 1. The lowest BCUT2D eigenvalue weighted by molar-refractivity contribution is -0.132. The maximum atomic E-state index is 13.2. The van der Waals surface area contributed by atoms with Crippen molar-refractivity contribution in [3.05, 3.63) is 23.2 Å². The van der Waals surface area contributed by atoms with Gasteiger partial charge in [0, 0.05) is 4.90 Å². The Morgan fingerprint density at radius 2 is 1.96 bits per heavy atom. The van der Waals surface area contributed by atoms with E-state index in [0.29, 0.717) is 17.7 Å². The number of hydrogen-bond donors (Lipinski definition) is 4. The molecule has 24 heavy (non-hydrogen) atoms. The second kappa shape index (κ2) is 6.63. The largest absolute Gasteiger partial charge is 0.506 e. The molecule has 2 unspecified atom stereocenters. The summed E-state index contributed by atoms with van der Waals surface area (Å²) in [5.74, 6) is -0.709. The van der Waals surface area contributed by atoms with Gasteiger partial charge in [0.05, 0.1) is 15.8 Å². The minimum Gasteiger partial charge on any atom is -0.506 e. The summed E-state index contributed by atoms with van der Waals surface area (Å²) in [6, 6.07) is 4.30. The van der Waals surface area contributed by atoms with Crippen LogP contribution in [0.2, 0.25) is 5.02 Å². The first-order valence-electron chi connectivity index (χ1n) is 7.98. The molecule has 0 bridgehead atoms. The zero-order valence-electron chi connectivity index (χ0n) is 13.2.